The van der Waals surface area contributed by atoms with Crippen LogP contribution in [-0.4, -0.2) is 28.9 Å². The zero-order valence-corrected chi connectivity index (χ0v) is 12.8. The van der Waals surface area contributed by atoms with Crippen molar-refractivity contribution in [1.29, 1.82) is 0 Å². The number of likely N-dealkylation sites (tertiary alicyclic amines) is 1. The molecule has 0 saturated carbocycles. The van der Waals surface area contributed by atoms with E-state index in [0.29, 0.717) is 5.92 Å². The maximum atomic E-state index is 12.4. The smallest absolute Gasteiger partial charge is 0.235 e. The molecule has 1 atom stereocenters. The number of amides is 1. The SMILES string of the molecule is CC(C)C1CCCN(C(=O)C(C)(C)C(N)=S)CC1. The van der Waals surface area contributed by atoms with E-state index in [0.717, 1.165) is 31.8 Å². The third kappa shape index (κ3) is 3.44. The summed E-state index contributed by atoms with van der Waals surface area (Å²) in [7, 11) is 0. The van der Waals surface area contributed by atoms with E-state index in [1.54, 1.807) is 0 Å². The van der Waals surface area contributed by atoms with E-state index in [4.69, 9.17) is 18.0 Å². The monoisotopic (exact) mass is 270 g/mol. The van der Waals surface area contributed by atoms with Gasteiger partial charge in [-0.15, -0.1) is 0 Å². The van der Waals surface area contributed by atoms with Gasteiger partial charge >= 0.3 is 0 Å². The van der Waals surface area contributed by atoms with Crippen LogP contribution in [0.1, 0.15) is 47.0 Å². The van der Waals surface area contributed by atoms with Crippen LogP contribution in [0.3, 0.4) is 0 Å². The molecule has 1 saturated heterocycles. The Kier molecular flexibility index (Phi) is 5.14. The summed E-state index contributed by atoms with van der Waals surface area (Å²) in [5.41, 5.74) is 4.96. The topological polar surface area (TPSA) is 46.3 Å². The summed E-state index contributed by atoms with van der Waals surface area (Å²) in [5, 5.41) is 0. The first-order chi connectivity index (χ1) is 8.26. The van der Waals surface area contributed by atoms with Crippen LogP contribution in [0.4, 0.5) is 0 Å². The van der Waals surface area contributed by atoms with Gasteiger partial charge in [0.05, 0.1) is 10.4 Å². The fourth-order valence-electron chi connectivity index (χ4n) is 2.49. The van der Waals surface area contributed by atoms with E-state index in [1.165, 1.54) is 6.42 Å². The first kappa shape index (κ1) is 15.4. The zero-order chi connectivity index (χ0) is 13.9. The molecule has 0 spiro atoms. The molecule has 1 amide bonds. The molecular weight excluding hydrogens is 244 g/mol. The second-order valence-electron chi connectivity index (χ2n) is 6.22. The molecule has 0 aromatic rings. The van der Waals surface area contributed by atoms with Gasteiger partial charge in [-0.3, -0.25) is 4.79 Å². The van der Waals surface area contributed by atoms with Gasteiger partial charge in [-0.25, -0.2) is 0 Å². The Morgan fingerprint density at radius 3 is 2.44 bits per heavy atom. The van der Waals surface area contributed by atoms with E-state index in [-0.39, 0.29) is 10.9 Å². The van der Waals surface area contributed by atoms with Crippen LogP contribution in [0, 0.1) is 17.3 Å². The maximum absolute atomic E-state index is 12.4. The zero-order valence-electron chi connectivity index (χ0n) is 12.0. The van der Waals surface area contributed by atoms with Crippen molar-refractivity contribution in [3.63, 3.8) is 0 Å². The molecule has 0 aliphatic carbocycles. The fraction of sp³-hybridized carbons (Fsp3) is 0.857. The van der Waals surface area contributed by atoms with Crippen LogP contribution in [0.25, 0.3) is 0 Å². The van der Waals surface area contributed by atoms with Crippen LogP contribution < -0.4 is 5.73 Å². The van der Waals surface area contributed by atoms with Crippen molar-refractivity contribution in [3.8, 4) is 0 Å². The number of rotatable bonds is 3. The summed E-state index contributed by atoms with van der Waals surface area (Å²) < 4.78 is 0. The van der Waals surface area contributed by atoms with Gasteiger partial charge in [0.2, 0.25) is 5.91 Å². The number of nitrogens with two attached hydrogens (primary N) is 1. The third-order valence-corrected chi connectivity index (χ3v) is 4.66. The Morgan fingerprint density at radius 2 is 1.94 bits per heavy atom. The van der Waals surface area contributed by atoms with E-state index in [1.807, 2.05) is 18.7 Å². The quantitative estimate of drug-likeness (QED) is 0.802. The first-order valence-corrected chi connectivity index (χ1v) is 7.27. The molecule has 1 rings (SSSR count). The number of hydrogen-bond donors (Lipinski definition) is 1. The van der Waals surface area contributed by atoms with E-state index in [2.05, 4.69) is 13.8 Å². The lowest BCUT2D eigenvalue weighted by Crippen LogP contribution is -2.47. The van der Waals surface area contributed by atoms with E-state index < -0.39 is 5.41 Å². The van der Waals surface area contributed by atoms with Gasteiger partial charge in [-0.1, -0.05) is 26.1 Å². The van der Waals surface area contributed by atoms with Crippen molar-refractivity contribution in [1.82, 2.24) is 4.90 Å². The van der Waals surface area contributed by atoms with Gasteiger partial charge in [-0.05, 0) is 44.9 Å². The Balaban J connectivity index is 2.69. The highest BCUT2D eigenvalue weighted by molar-refractivity contribution is 7.80. The van der Waals surface area contributed by atoms with Crippen LogP contribution in [0.15, 0.2) is 0 Å². The van der Waals surface area contributed by atoms with Gasteiger partial charge in [0, 0.05) is 13.1 Å². The molecule has 1 heterocycles. The molecule has 1 aliphatic rings. The molecule has 18 heavy (non-hydrogen) atoms. The Labute approximate surface area is 116 Å². The van der Waals surface area contributed by atoms with Gasteiger partial charge < -0.3 is 10.6 Å². The number of nitrogens with zero attached hydrogens (tertiary/aromatic N) is 1. The van der Waals surface area contributed by atoms with Crippen molar-refractivity contribution in [2.24, 2.45) is 23.0 Å². The van der Waals surface area contributed by atoms with Crippen LogP contribution >= 0.6 is 12.2 Å². The lowest BCUT2D eigenvalue weighted by molar-refractivity contribution is -0.136. The molecule has 1 aliphatic heterocycles. The largest absolute Gasteiger partial charge is 0.392 e. The van der Waals surface area contributed by atoms with Crippen molar-refractivity contribution in [3.05, 3.63) is 0 Å². The molecule has 1 unspecified atom stereocenters. The van der Waals surface area contributed by atoms with Crippen LogP contribution in [0.2, 0.25) is 0 Å². The second-order valence-corrected chi connectivity index (χ2v) is 6.66. The highest BCUT2D eigenvalue weighted by atomic mass is 32.1. The summed E-state index contributed by atoms with van der Waals surface area (Å²) in [5.74, 6) is 1.51. The van der Waals surface area contributed by atoms with E-state index in [9.17, 15) is 4.79 Å². The number of hydrogen-bond acceptors (Lipinski definition) is 2. The molecule has 0 aromatic heterocycles. The lowest BCUT2D eigenvalue weighted by atomic mass is 9.89. The fourth-order valence-corrected chi connectivity index (χ4v) is 2.58. The first-order valence-electron chi connectivity index (χ1n) is 6.86. The second kappa shape index (κ2) is 6.00. The average molecular weight is 270 g/mol. The summed E-state index contributed by atoms with van der Waals surface area (Å²) in [6, 6.07) is 0. The summed E-state index contributed by atoms with van der Waals surface area (Å²) in [6.07, 6.45) is 3.40. The van der Waals surface area contributed by atoms with Crippen molar-refractivity contribution in [2.75, 3.05) is 13.1 Å². The Morgan fingerprint density at radius 1 is 1.33 bits per heavy atom. The maximum Gasteiger partial charge on any atom is 0.235 e. The number of carbonyl (C=O) groups is 1. The highest BCUT2D eigenvalue weighted by Crippen LogP contribution is 2.27. The lowest BCUT2D eigenvalue weighted by Gasteiger charge is -2.30. The van der Waals surface area contributed by atoms with E-state index >= 15 is 0 Å². The van der Waals surface area contributed by atoms with Gasteiger partial charge in [0.1, 0.15) is 0 Å². The van der Waals surface area contributed by atoms with Gasteiger partial charge in [-0.2, -0.15) is 0 Å². The van der Waals surface area contributed by atoms with Crippen molar-refractivity contribution < 1.29 is 4.79 Å². The van der Waals surface area contributed by atoms with Crippen LogP contribution in [-0.2, 0) is 4.79 Å². The summed E-state index contributed by atoms with van der Waals surface area (Å²) in [4.78, 5) is 14.7. The minimum absolute atomic E-state index is 0.0828. The molecule has 0 radical (unpaired) electrons. The molecular formula is C14H26N2OS. The number of thiocarbonyl (C=S) groups is 1. The molecule has 2 N–H and O–H groups in total. The highest BCUT2D eigenvalue weighted by Gasteiger charge is 2.35. The number of carbonyl (C=O) groups excluding carboxylic acids is 1. The van der Waals surface area contributed by atoms with Crippen molar-refractivity contribution in [2.45, 2.75) is 47.0 Å². The third-order valence-electron chi connectivity index (χ3n) is 4.15. The minimum atomic E-state index is -0.715. The van der Waals surface area contributed by atoms with Crippen molar-refractivity contribution >= 4 is 23.1 Å². The standard InChI is InChI=1S/C14H26N2OS/c1-10(2)11-6-5-8-16(9-7-11)13(17)14(3,4)12(15)18/h10-11H,5-9H2,1-4H3,(H2,15,18). The summed E-state index contributed by atoms with van der Waals surface area (Å²) >= 11 is 5.01. The Hall–Kier alpha value is -0.640. The molecule has 4 heteroatoms. The normalized spacial score (nSPS) is 21.8. The molecule has 0 bridgehead atoms. The molecule has 3 nitrogen and oxygen atoms in total. The predicted octanol–water partition coefficient (Wildman–Crippen LogP) is 2.58. The minimum Gasteiger partial charge on any atom is -0.392 e. The predicted molar refractivity (Wildman–Crippen MR) is 79.3 cm³/mol. The summed E-state index contributed by atoms with van der Waals surface area (Å²) in [6.45, 7) is 9.86. The molecule has 104 valence electrons. The molecule has 1 fully saturated rings. The van der Waals surface area contributed by atoms with Crippen LogP contribution in [0.5, 0.6) is 0 Å². The molecule has 0 aromatic carbocycles. The average Bonchev–Trinajstić information content (AvgIpc) is 2.52. The Bertz CT molecular complexity index is 326. The van der Waals surface area contributed by atoms with Gasteiger partial charge in [0.15, 0.2) is 0 Å². The van der Waals surface area contributed by atoms with Gasteiger partial charge in [0.25, 0.3) is 0 Å².